The fourth-order valence-corrected chi connectivity index (χ4v) is 5.86. The molecule has 0 radical (unpaired) electrons. The lowest BCUT2D eigenvalue weighted by atomic mass is 9.52. The monoisotopic (exact) mass is 364 g/mol. The lowest BCUT2D eigenvalue weighted by Crippen LogP contribution is -2.43. The molecule has 1 saturated carbocycles. The number of hydrogen-bond donors (Lipinski definition) is 0. The number of rotatable bonds is 3. The third kappa shape index (κ3) is 2.70. The van der Waals surface area contributed by atoms with Crippen LogP contribution < -0.4 is 0 Å². The molecule has 4 unspecified atom stereocenters. The highest BCUT2D eigenvalue weighted by atomic mass is 16.5. The Morgan fingerprint density at radius 2 is 2.07 bits per heavy atom. The molecule has 0 amide bonds. The average Bonchev–Trinajstić information content (AvgIpc) is 2.97. The first-order valence-electron chi connectivity index (χ1n) is 9.92. The van der Waals surface area contributed by atoms with Gasteiger partial charge in [-0.2, -0.15) is 0 Å². The second-order valence-corrected chi connectivity index (χ2v) is 8.87. The Bertz CT molecular complexity index is 853. The summed E-state index contributed by atoms with van der Waals surface area (Å²) in [5.74, 6) is 0.506. The number of carbonyl (C=O) groups excluding carboxylic acids is 2. The molecule has 1 fully saturated rings. The number of allylic oxidation sites excluding steroid dienone is 8. The van der Waals surface area contributed by atoms with Crippen LogP contribution in [0.5, 0.6) is 0 Å². The van der Waals surface area contributed by atoms with Crippen molar-refractivity contribution in [2.75, 3.05) is 6.61 Å². The van der Waals surface area contributed by atoms with E-state index in [4.69, 9.17) is 4.74 Å². The standard InChI is InChI=1S/C24H28O3/c1-15-9-11-23(3)17(13-15)5-6-18-19-7-8-21(22(26)14-27-16(2)25)24(19,4)12-10-20(18)23/h8-11,13,18-19H,1,5-7,12,14H2,2-4H3. The quantitative estimate of drug-likeness (QED) is 0.530. The van der Waals surface area contributed by atoms with Crippen molar-refractivity contribution in [3.05, 3.63) is 59.3 Å². The SMILES string of the molecule is C=C1C=CC2(C)C(=C1)CCC1C2=CCC2(C)C(C(=O)COC(C)=O)=CCC12. The molecule has 4 rings (SSSR count). The second-order valence-electron chi connectivity index (χ2n) is 8.87. The van der Waals surface area contributed by atoms with Crippen LogP contribution in [0.15, 0.2) is 59.3 Å². The summed E-state index contributed by atoms with van der Waals surface area (Å²) in [7, 11) is 0. The van der Waals surface area contributed by atoms with Gasteiger partial charge in [-0.3, -0.25) is 9.59 Å². The van der Waals surface area contributed by atoms with Crippen molar-refractivity contribution >= 4 is 11.8 Å². The summed E-state index contributed by atoms with van der Waals surface area (Å²) >= 11 is 0. The van der Waals surface area contributed by atoms with E-state index in [0.29, 0.717) is 11.8 Å². The maximum Gasteiger partial charge on any atom is 0.303 e. The van der Waals surface area contributed by atoms with Gasteiger partial charge >= 0.3 is 5.97 Å². The van der Waals surface area contributed by atoms with E-state index in [1.165, 1.54) is 18.1 Å². The van der Waals surface area contributed by atoms with Gasteiger partial charge in [0.25, 0.3) is 0 Å². The van der Waals surface area contributed by atoms with Gasteiger partial charge in [0, 0.05) is 23.3 Å². The molecule has 142 valence electrons. The number of hydrogen-bond acceptors (Lipinski definition) is 3. The van der Waals surface area contributed by atoms with Crippen LogP contribution in [-0.2, 0) is 14.3 Å². The Balaban J connectivity index is 1.63. The summed E-state index contributed by atoms with van der Waals surface area (Å²) in [5.41, 5.74) is 4.79. The van der Waals surface area contributed by atoms with Crippen LogP contribution in [0.3, 0.4) is 0 Å². The molecular weight excluding hydrogens is 336 g/mol. The van der Waals surface area contributed by atoms with Gasteiger partial charge in [0.1, 0.15) is 0 Å². The van der Waals surface area contributed by atoms with Gasteiger partial charge in [-0.05, 0) is 50.0 Å². The third-order valence-corrected chi connectivity index (χ3v) is 7.33. The zero-order valence-corrected chi connectivity index (χ0v) is 16.5. The smallest absolute Gasteiger partial charge is 0.303 e. The van der Waals surface area contributed by atoms with E-state index in [1.54, 1.807) is 0 Å². The van der Waals surface area contributed by atoms with Gasteiger partial charge < -0.3 is 4.74 Å². The maximum atomic E-state index is 12.7. The zero-order valence-electron chi connectivity index (χ0n) is 16.5. The van der Waals surface area contributed by atoms with Crippen LogP contribution in [-0.4, -0.2) is 18.4 Å². The highest BCUT2D eigenvalue weighted by Gasteiger charge is 2.53. The van der Waals surface area contributed by atoms with Gasteiger partial charge in [-0.1, -0.05) is 55.0 Å². The Morgan fingerprint density at radius 1 is 1.30 bits per heavy atom. The van der Waals surface area contributed by atoms with Gasteiger partial charge in [0.05, 0.1) is 0 Å². The average molecular weight is 364 g/mol. The summed E-state index contributed by atoms with van der Waals surface area (Å²) in [6.45, 7) is 9.86. The number of carbonyl (C=O) groups is 2. The minimum atomic E-state index is -0.403. The fourth-order valence-electron chi connectivity index (χ4n) is 5.86. The number of Topliss-reactive ketones (excluding diaryl/α,β-unsaturated/α-hetero) is 1. The van der Waals surface area contributed by atoms with Crippen LogP contribution in [0.2, 0.25) is 0 Å². The van der Waals surface area contributed by atoms with E-state index >= 15 is 0 Å². The Morgan fingerprint density at radius 3 is 2.81 bits per heavy atom. The third-order valence-electron chi connectivity index (χ3n) is 7.33. The first kappa shape index (κ1) is 18.2. The van der Waals surface area contributed by atoms with E-state index in [1.807, 2.05) is 0 Å². The molecule has 0 spiro atoms. The molecule has 4 aliphatic rings. The van der Waals surface area contributed by atoms with Crippen molar-refractivity contribution < 1.29 is 14.3 Å². The molecule has 0 aliphatic heterocycles. The summed E-state index contributed by atoms with van der Waals surface area (Å²) in [6, 6.07) is 0. The van der Waals surface area contributed by atoms with E-state index < -0.39 is 5.97 Å². The van der Waals surface area contributed by atoms with Crippen LogP contribution in [0, 0.1) is 22.7 Å². The lowest BCUT2D eigenvalue weighted by molar-refractivity contribution is -0.145. The molecule has 3 heteroatoms. The molecule has 0 aromatic heterocycles. The number of ether oxygens (including phenoxy) is 1. The molecule has 0 bridgehead atoms. The van der Waals surface area contributed by atoms with Crippen molar-refractivity contribution in [2.24, 2.45) is 22.7 Å². The van der Waals surface area contributed by atoms with E-state index in [0.717, 1.165) is 36.8 Å². The van der Waals surface area contributed by atoms with Gasteiger partial charge in [0.2, 0.25) is 0 Å². The lowest BCUT2D eigenvalue weighted by Gasteiger charge is -2.52. The van der Waals surface area contributed by atoms with Crippen LogP contribution in [0.25, 0.3) is 0 Å². The summed E-state index contributed by atoms with van der Waals surface area (Å²) in [4.78, 5) is 23.8. The zero-order chi connectivity index (χ0) is 19.4. The van der Waals surface area contributed by atoms with Crippen LogP contribution in [0.1, 0.15) is 46.5 Å². The predicted molar refractivity (Wildman–Crippen MR) is 106 cm³/mol. The van der Waals surface area contributed by atoms with Crippen molar-refractivity contribution in [3.63, 3.8) is 0 Å². The molecule has 27 heavy (non-hydrogen) atoms. The fraction of sp³-hybridized carbons (Fsp3) is 0.500. The first-order valence-corrected chi connectivity index (χ1v) is 9.92. The van der Waals surface area contributed by atoms with Crippen LogP contribution in [0.4, 0.5) is 0 Å². The molecular formula is C24H28O3. The largest absolute Gasteiger partial charge is 0.457 e. The second kappa shape index (κ2) is 6.19. The molecule has 0 saturated heterocycles. The Labute approximate surface area is 161 Å². The van der Waals surface area contributed by atoms with Crippen molar-refractivity contribution in [3.8, 4) is 0 Å². The summed E-state index contributed by atoms with van der Waals surface area (Å²) in [6.07, 6.45) is 15.3. The van der Waals surface area contributed by atoms with Gasteiger partial charge in [0.15, 0.2) is 12.4 Å². The molecule has 4 atom stereocenters. The van der Waals surface area contributed by atoms with Crippen molar-refractivity contribution in [1.82, 2.24) is 0 Å². The molecule has 4 aliphatic carbocycles. The van der Waals surface area contributed by atoms with Crippen LogP contribution >= 0.6 is 0 Å². The molecule has 0 N–H and O–H groups in total. The highest BCUT2D eigenvalue weighted by Crippen LogP contribution is 2.62. The van der Waals surface area contributed by atoms with E-state index in [2.05, 4.69) is 50.8 Å². The predicted octanol–water partition coefficient (Wildman–Crippen LogP) is 4.87. The maximum absolute atomic E-state index is 12.7. The molecule has 0 aromatic carbocycles. The highest BCUT2D eigenvalue weighted by molar-refractivity contribution is 5.99. The van der Waals surface area contributed by atoms with E-state index in [-0.39, 0.29) is 23.2 Å². The minimum absolute atomic E-state index is 0.00403. The van der Waals surface area contributed by atoms with Crippen molar-refractivity contribution in [2.45, 2.75) is 46.5 Å². The number of ketones is 1. The van der Waals surface area contributed by atoms with Gasteiger partial charge in [-0.15, -0.1) is 0 Å². The van der Waals surface area contributed by atoms with Crippen molar-refractivity contribution in [1.29, 1.82) is 0 Å². The normalized spacial score (nSPS) is 36.7. The molecule has 3 nitrogen and oxygen atoms in total. The first-order chi connectivity index (χ1) is 12.8. The Hall–Kier alpha value is -2.16. The Kier molecular flexibility index (Phi) is 4.17. The van der Waals surface area contributed by atoms with E-state index in [9.17, 15) is 9.59 Å². The topological polar surface area (TPSA) is 43.4 Å². The number of esters is 1. The minimum Gasteiger partial charge on any atom is -0.457 e. The summed E-state index contributed by atoms with van der Waals surface area (Å²) in [5, 5.41) is 0. The summed E-state index contributed by atoms with van der Waals surface area (Å²) < 4.78 is 4.97. The van der Waals surface area contributed by atoms with Gasteiger partial charge in [-0.25, -0.2) is 0 Å². The number of fused-ring (bicyclic) bond motifs is 5. The molecule has 0 heterocycles. The molecule has 0 aromatic rings.